The maximum absolute atomic E-state index is 12.7. The number of benzene rings is 1. The molecule has 2 aromatic rings. The Labute approximate surface area is 116 Å². The lowest BCUT2D eigenvalue weighted by atomic mass is 10.1. The molecule has 0 unspecified atom stereocenters. The van der Waals surface area contributed by atoms with Gasteiger partial charge >= 0.3 is 0 Å². The number of carbonyl (C=O) groups excluding carboxylic acids is 1. The van der Waals surface area contributed by atoms with Gasteiger partial charge in [-0.3, -0.25) is 4.79 Å². The van der Waals surface area contributed by atoms with Crippen molar-refractivity contribution in [2.75, 3.05) is 5.32 Å². The molecule has 0 saturated heterocycles. The molecule has 1 aromatic heterocycles. The predicted molar refractivity (Wildman–Crippen MR) is 68.8 cm³/mol. The van der Waals surface area contributed by atoms with Gasteiger partial charge in [-0.2, -0.15) is 0 Å². The molecule has 1 heterocycles. The first-order valence-corrected chi connectivity index (χ1v) is 6.37. The quantitative estimate of drug-likeness (QED) is 0.940. The molecule has 0 aliphatic heterocycles. The number of hydrogen-bond acceptors (Lipinski definition) is 4. The van der Waals surface area contributed by atoms with Crippen LogP contribution in [-0.2, 0) is 6.67 Å². The molecule has 0 atom stereocenters. The molecule has 0 bridgehead atoms. The van der Waals surface area contributed by atoms with Crippen LogP contribution in [0.2, 0.25) is 0 Å². The van der Waals surface area contributed by atoms with Crippen molar-refractivity contribution in [3.63, 3.8) is 0 Å². The van der Waals surface area contributed by atoms with Crippen molar-refractivity contribution in [3.8, 4) is 0 Å². The van der Waals surface area contributed by atoms with Crippen molar-refractivity contribution < 1.29 is 18.0 Å². The van der Waals surface area contributed by atoms with Crippen LogP contribution in [0, 0.1) is 6.92 Å². The molecule has 0 radical (unpaired) electrons. The van der Waals surface area contributed by atoms with Crippen LogP contribution >= 0.6 is 11.5 Å². The van der Waals surface area contributed by atoms with Crippen LogP contribution in [-0.4, -0.2) is 15.5 Å². The Morgan fingerprint density at radius 1 is 1.45 bits per heavy atom. The van der Waals surface area contributed by atoms with E-state index in [4.69, 9.17) is 0 Å². The van der Waals surface area contributed by atoms with Gasteiger partial charge in [0.15, 0.2) is 5.69 Å². The Morgan fingerprint density at radius 3 is 2.85 bits per heavy atom. The zero-order valence-electron chi connectivity index (χ0n) is 10.4. The van der Waals surface area contributed by atoms with Gasteiger partial charge in [0.1, 0.15) is 11.6 Å². The van der Waals surface area contributed by atoms with Gasteiger partial charge in [0.25, 0.3) is 12.3 Å². The number of nitrogens with one attached hydrogen (secondary N) is 1. The Bertz CT molecular complexity index is 630. The summed E-state index contributed by atoms with van der Waals surface area (Å²) in [6.45, 7) is 1.07. The normalized spacial score (nSPS) is 10.8. The van der Waals surface area contributed by atoms with Crippen molar-refractivity contribution in [2.45, 2.75) is 20.0 Å². The average Bonchev–Trinajstić information content (AvgIpc) is 2.90. The van der Waals surface area contributed by atoms with E-state index in [2.05, 4.69) is 14.9 Å². The van der Waals surface area contributed by atoms with Crippen molar-refractivity contribution in [2.24, 2.45) is 0 Å². The van der Waals surface area contributed by atoms with Gasteiger partial charge < -0.3 is 5.32 Å². The summed E-state index contributed by atoms with van der Waals surface area (Å²) in [7, 11) is 0. The van der Waals surface area contributed by atoms with Crippen molar-refractivity contribution in [1.82, 2.24) is 9.59 Å². The molecule has 20 heavy (non-hydrogen) atoms. The molecule has 0 saturated carbocycles. The molecule has 106 valence electrons. The number of alkyl halides is 3. The summed E-state index contributed by atoms with van der Waals surface area (Å²) < 4.78 is 41.3. The molecule has 0 aliphatic rings. The second-order valence-electron chi connectivity index (χ2n) is 4.02. The maximum Gasteiger partial charge on any atom is 0.283 e. The smallest absolute Gasteiger partial charge is 0.283 e. The minimum absolute atomic E-state index is 0.248. The van der Waals surface area contributed by atoms with Gasteiger partial charge in [-0.1, -0.05) is 10.6 Å². The van der Waals surface area contributed by atoms with Crippen LogP contribution in [0.3, 0.4) is 0 Å². The Hall–Kier alpha value is -1.96. The largest absolute Gasteiger partial charge is 0.321 e. The third-order valence-electron chi connectivity index (χ3n) is 2.68. The molecule has 1 aromatic carbocycles. The number of amides is 1. The SMILES string of the molecule is Cc1ccc(NC(=O)c2snnc2C(F)F)cc1CF. The van der Waals surface area contributed by atoms with Gasteiger partial charge in [0, 0.05) is 5.69 Å². The standard InChI is InChI=1S/C12H10F3N3OS/c1-6-2-3-8(4-7(6)5-13)16-12(19)10-9(11(14)15)17-18-20-10/h2-4,11H,5H2,1H3,(H,16,19). The second kappa shape index (κ2) is 6.00. The molecule has 2 rings (SSSR count). The summed E-state index contributed by atoms with van der Waals surface area (Å²) >= 11 is 0.591. The highest BCUT2D eigenvalue weighted by Gasteiger charge is 2.23. The minimum Gasteiger partial charge on any atom is -0.321 e. The summed E-state index contributed by atoms with van der Waals surface area (Å²) in [4.78, 5) is 11.6. The van der Waals surface area contributed by atoms with Gasteiger partial charge in [-0.25, -0.2) is 13.2 Å². The van der Waals surface area contributed by atoms with Crippen LogP contribution in [0.15, 0.2) is 18.2 Å². The van der Waals surface area contributed by atoms with E-state index in [0.717, 1.165) is 5.56 Å². The molecule has 0 spiro atoms. The first kappa shape index (κ1) is 14.4. The van der Waals surface area contributed by atoms with Crippen LogP contribution in [0.1, 0.15) is 32.9 Å². The van der Waals surface area contributed by atoms with E-state index in [9.17, 15) is 18.0 Å². The number of rotatable bonds is 4. The zero-order valence-corrected chi connectivity index (χ0v) is 11.2. The third kappa shape index (κ3) is 2.96. The van der Waals surface area contributed by atoms with Crippen molar-refractivity contribution >= 4 is 23.1 Å². The van der Waals surface area contributed by atoms with Crippen LogP contribution in [0.25, 0.3) is 0 Å². The summed E-state index contributed by atoms with van der Waals surface area (Å²) in [5.74, 6) is -0.732. The Balaban J connectivity index is 2.21. The summed E-state index contributed by atoms with van der Waals surface area (Å²) in [6.07, 6.45) is -2.87. The van der Waals surface area contributed by atoms with Gasteiger partial charge in [-0.05, 0) is 41.7 Å². The monoisotopic (exact) mass is 301 g/mol. The molecule has 8 heteroatoms. The third-order valence-corrected chi connectivity index (χ3v) is 3.42. The Morgan fingerprint density at radius 2 is 2.20 bits per heavy atom. The summed E-state index contributed by atoms with van der Waals surface area (Å²) in [6, 6.07) is 4.68. The van der Waals surface area contributed by atoms with Crippen LogP contribution in [0.5, 0.6) is 0 Å². The highest BCUT2D eigenvalue weighted by atomic mass is 32.1. The summed E-state index contributed by atoms with van der Waals surface area (Å²) in [5.41, 5.74) is 0.865. The second-order valence-corrected chi connectivity index (χ2v) is 4.77. The van der Waals surface area contributed by atoms with Crippen molar-refractivity contribution in [1.29, 1.82) is 0 Å². The maximum atomic E-state index is 12.7. The number of nitrogens with zero attached hydrogens (tertiary/aromatic N) is 2. The van der Waals surface area contributed by atoms with Crippen LogP contribution in [0.4, 0.5) is 18.9 Å². The lowest BCUT2D eigenvalue weighted by molar-refractivity contribution is 0.101. The molecular formula is C12H10F3N3OS. The fourth-order valence-electron chi connectivity index (χ4n) is 1.58. The molecule has 1 N–H and O–H groups in total. The molecule has 4 nitrogen and oxygen atoms in total. The number of aromatic nitrogens is 2. The van der Waals surface area contributed by atoms with Gasteiger partial charge in [0.05, 0.1) is 0 Å². The predicted octanol–water partition coefficient (Wildman–Crippen LogP) is 3.51. The number of hydrogen-bond donors (Lipinski definition) is 1. The first-order valence-electron chi connectivity index (χ1n) is 5.60. The van der Waals surface area contributed by atoms with Crippen LogP contribution < -0.4 is 5.32 Å². The van der Waals surface area contributed by atoms with E-state index in [1.807, 2.05) is 0 Å². The van der Waals surface area contributed by atoms with E-state index < -0.39 is 24.7 Å². The van der Waals surface area contributed by atoms with E-state index in [1.165, 1.54) is 6.07 Å². The molecule has 0 aliphatic carbocycles. The lowest BCUT2D eigenvalue weighted by Crippen LogP contribution is -2.13. The Kier molecular flexibility index (Phi) is 4.33. The number of halogens is 3. The number of aryl methyl sites for hydroxylation is 1. The topological polar surface area (TPSA) is 54.9 Å². The highest BCUT2D eigenvalue weighted by Crippen LogP contribution is 2.24. The zero-order chi connectivity index (χ0) is 14.7. The summed E-state index contributed by atoms with van der Waals surface area (Å²) in [5, 5.41) is 5.66. The van der Waals surface area contributed by atoms with E-state index in [1.54, 1.807) is 19.1 Å². The van der Waals surface area contributed by atoms with Gasteiger partial charge in [-0.15, -0.1) is 5.10 Å². The first-order chi connectivity index (χ1) is 9.52. The number of carbonyl (C=O) groups is 1. The minimum atomic E-state index is -2.87. The van der Waals surface area contributed by atoms with E-state index in [0.29, 0.717) is 22.8 Å². The fourth-order valence-corrected chi connectivity index (χ4v) is 2.15. The fraction of sp³-hybridized carbons (Fsp3) is 0.250. The van der Waals surface area contributed by atoms with E-state index >= 15 is 0 Å². The lowest BCUT2D eigenvalue weighted by Gasteiger charge is -2.07. The number of anilines is 1. The van der Waals surface area contributed by atoms with E-state index in [-0.39, 0.29) is 4.88 Å². The van der Waals surface area contributed by atoms with Crippen molar-refractivity contribution in [3.05, 3.63) is 39.9 Å². The molecule has 1 amide bonds. The molecule has 0 fully saturated rings. The highest BCUT2D eigenvalue weighted by molar-refractivity contribution is 7.08. The van der Waals surface area contributed by atoms with Gasteiger partial charge in [0.2, 0.25) is 0 Å². The average molecular weight is 301 g/mol. The molecular weight excluding hydrogens is 291 g/mol.